The van der Waals surface area contributed by atoms with Gasteiger partial charge in [0.25, 0.3) is 0 Å². The number of fused-ring (bicyclic) bond motifs is 1. The van der Waals surface area contributed by atoms with Gasteiger partial charge in [0.15, 0.2) is 0 Å². The Hall–Kier alpha value is -3.89. The summed E-state index contributed by atoms with van der Waals surface area (Å²) in [5.41, 5.74) is 6.57. The zero-order valence-electron chi connectivity index (χ0n) is 23.9. The molecule has 1 aromatic heterocycles. The van der Waals surface area contributed by atoms with Crippen LogP contribution in [-0.4, -0.2) is 41.7 Å². The number of carboxylic acids is 1. The van der Waals surface area contributed by atoms with Crippen LogP contribution in [0.2, 0.25) is 0 Å². The Labute approximate surface area is 237 Å². The Morgan fingerprint density at radius 2 is 1.98 bits per heavy atom. The average Bonchev–Trinajstić information content (AvgIpc) is 3.86. The zero-order chi connectivity index (χ0) is 28.6. The number of hydrogen-bond acceptors (Lipinski definition) is 6. The summed E-state index contributed by atoms with van der Waals surface area (Å²) in [6, 6.07) is 16.4. The Kier molecular flexibility index (Phi) is 9.79. The van der Waals surface area contributed by atoms with E-state index in [4.69, 9.17) is 9.47 Å². The second kappa shape index (κ2) is 13.5. The number of ether oxygens (including phenoxy) is 2. The summed E-state index contributed by atoms with van der Waals surface area (Å²) in [5.74, 6) is 0.0437. The van der Waals surface area contributed by atoms with E-state index in [0.717, 1.165) is 65.1 Å². The predicted octanol–water partition coefficient (Wildman–Crippen LogP) is 6.58. The predicted molar refractivity (Wildman–Crippen MR) is 155 cm³/mol. The van der Waals surface area contributed by atoms with Crippen LogP contribution in [0.1, 0.15) is 73.5 Å². The summed E-state index contributed by atoms with van der Waals surface area (Å²) in [4.78, 5) is 17.7. The number of hydrogen-bond donors (Lipinski definition) is 1. The topological polar surface area (TPSA) is 95.7 Å². The number of carbonyl (C=O) groups is 1. The number of carboxylic acid groups (broad SMARTS) is 1. The SMILES string of the molecule is C1CC1.CCN(C)Cc1cc(C2CCc3ccc(CC(C)C(=O)O)cc3O2)ccc1-c1cc(OC)ncc1C#N. The first-order valence-electron chi connectivity index (χ1n) is 14.1. The Morgan fingerprint density at radius 1 is 1.20 bits per heavy atom. The molecule has 2 aromatic carbocycles. The molecule has 1 saturated carbocycles. The van der Waals surface area contributed by atoms with Crippen molar-refractivity contribution < 1.29 is 19.4 Å². The van der Waals surface area contributed by atoms with Gasteiger partial charge in [0, 0.05) is 24.4 Å². The smallest absolute Gasteiger partial charge is 0.306 e. The van der Waals surface area contributed by atoms with Crippen LogP contribution in [0.3, 0.4) is 0 Å². The molecule has 40 heavy (non-hydrogen) atoms. The van der Waals surface area contributed by atoms with Crippen molar-refractivity contribution in [3.05, 3.63) is 76.5 Å². The molecule has 1 aliphatic carbocycles. The van der Waals surface area contributed by atoms with Gasteiger partial charge < -0.3 is 19.5 Å². The molecule has 7 nitrogen and oxygen atoms in total. The van der Waals surface area contributed by atoms with Gasteiger partial charge in [-0.25, -0.2) is 4.98 Å². The molecule has 1 N–H and O–H groups in total. The molecule has 1 fully saturated rings. The molecule has 0 radical (unpaired) electrons. The van der Waals surface area contributed by atoms with Crippen LogP contribution >= 0.6 is 0 Å². The summed E-state index contributed by atoms with van der Waals surface area (Å²) in [6.45, 7) is 5.44. The van der Waals surface area contributed by atoms with E-state index < -0.39 is 11.9 Å². The van der Waals surface area contributed by atoms with Crippen molar-refractivity contribution in [2.75, 3.05) is 20.7 Å². The van der Waals surface area contributed by atoms with E-state index in [1.807, 2.05) is 18.2 Å². The van der Waals surface area contributed by atoms with Gasteiger partial charge in [0.2, 0.25) is 5.88 Å². The molecule has 2 heterocycles. The average molecular weight is 542 g/mol. The minimum Gasteiger partial charge on any atom is -0.485 e. The maximum atomic E-state index is 11.3. The molecular weight excluding hydrogens is 502 g/mol. The minimum atomic E-state index is -0.799. The van der Waals surface area contributed by atoms with Crippen LogP contribution in [-0.2, 0) is 24.2 Å². The van der Waals surface area contributed by atoms with Gasteiger partial charge in [-0.2, -0.15) is 5.26 Å². The number of nitrogens with zero attached hydrogens (tertiary/aromatic N) is 3. The third-order valence-electron chi connectivity index (χ3n) is 7.37. The largest absolute Gasteiger partial charge is 0.485 e. The molecule has 3 aromatic rings. The summed E-state index contributed by atoms with van der Waals surface area (Å²) in [7, 11) is 3.64. The molecule has 2 aliphatic rings. The molecule has 0 amide bonds. The van der Waals surface area contributed by atoms with E-state index in [2.05, 4.69) is 54.2 Å². The van der Waals surface area contributed by atoms with E-state index in [0.29, 0.717) is 17.9 Å². The lowest BCUT2D eigenvalue weighted by molar-refractivity contribution is -0.141. The molecule has 210 valence electrons. The highest BCUT2D eigenvalue weighted by atomic mass is 16.5. The number of rotatable bonds is 9. The fourth-order valence-electron chi connectivity index (χ4n) is 4.69. The van der Waals surface area contributed by atoms with E-state index in [-0.39, 0.29) is 6.10 Å². The third kappa shape index (κ3) is 7.40. The van der Waals surface area contributed by atoms with Crippen molar-refractivity contribution in [3.63, 3.8) is 0 Å². The molecule has 5 rings (SSSR count). The first-order valence-corrected chi connectivity index (χ1v) is 14.1. The van der Waals surface area contributed by atoms with Crippen LogP contribution in [0.4, 0.5) is 0 Å². The monoisotopic (exact) mass is 541 g/mol. The molecule has 7 heteroatoms. The van der Waals surface area contributed by atoms with E-state index in [9.17, 15) is 15.2 Å². The van der Waals surface area contributed by atoms with Gasteiger partial charge >= 0.3 is 5.97 Å². The lowest BCUT2D eigenvalue weighted by Gasteiger charge is -2.28. The highest BCUT2D eigenvalue weighted by Crippen LogP contribution is 2.38. The van der Waals surface area contributed by atoms with Crippen LogP contribution in [0.15, 0.2) is 48.7 Å². The summed E-state index contributed by atoms with van der Waals surface area (Å²) < 4.78 is 11.8. The first kappa shape index (κ1) is 29.1. The quantitative estimate of drug-likeness (QED) is 0.327. The van der Waals surface area contributed by atoms with Gasteiger partial charge in [-0.15, -0.1) is 0 Å². The number of nitriles is 1. The van der Waals surface area contributed by atoms with Crippen molar-refractivity contribution in [2.24, 2.45) is 5.92 Å². The second-order valence-corrected chi connectivity index (χ2v) is 10.7. The van der Waals surface area contributed by atoms with Crippen molar-refractivity contribution in [1.82, 2.24) is 9.88 Å². The van der Waals surface area contributed by atoms with Gasteiger partial charge in [0.1, 0.15) is 17.9 Å². The van der Waals surface area contributed by atoms with E-state index in [1.165, 1.54) is 19.3 Å². The molecular formula is C33H39N3O4. The number of methoxy groups -OCH3 is 1. The zero-order valence-corrected chi connectivity index (χ0v) is 23.9. The highest BCUT2D eigenvalue weighted by Gasteiger charge is 2.24. The third-order valence-corrected chi connectivity index (χ3v) is 7.37. The highest BCUT2D eigenvalue weighted by molar-refractivity contribution is 5.74. The fourth-order valence-corrected chi connectivity index (χ4v) is 4.69. The normalized spacial score (nSPS) is 16.1. The Morgan fingerprint density at radius 3 is 2.62 bits per heavy atom. The van der Waals surface area contributed by atoms with Crippen LogP contribution in [0, 0.1) is 17.2 Å². The van der Waals surface area contributed by atoms with Gasteiger partial charge in [0.05, 0.1) is 18.6 Å². The number of aromatic nitrogens is 1. The number of pyridine rings is 1. The minimum absolute atomic E-state index is 0.109. The van der Waals surface area contributed by atoms with Crippen LogP contribution < -0.4 is 9.47 Å². The van der Waals surface area contributed by atoms with Crippen molar-refractivity contribution in [1.29, 1.82) is 5.26 Å². The summed E-state index contributed by atoms with van der Waals surface area (Å²) in [6.07, 6.45) is 8.16. The van der Waals surface area contributed by atoms with Crippen molar-refractivity contribution >= 4 is 5.97 Å². The van der Waals surface area contributed by atoms with Crippen LogP contribution in [0.25, 0.3) is 11.1 Å². The number of benzene rings is 2. The fraction of sp³-hybridized carbons (Fsp3) is 0.424. The van der Waals surface area contributed by atoms with Gasteiger partial charge in [-0.05, 0) is 66.7 Å². The van der Waals surface area contributed by atoms with E-state index >= 15 is 0 Å². The first-order chi connectivity index (χ1) is 19.3. The van der Waals surface area contributed by atoms with Gasteiger partial charge in [-0.3, -0.25) is 4.79 Å². The number of aryl methyl sites for hydroxylation is 1. The molecule has 2 unspecified atom stereocenters. The van der Waals surface area contributed by atoms with E-state index in [1.54, 1.807) is 20.2 Å². The Balaban J connectivity index is 0.00000115. The van der Waals surface area contributed by atoms with Crippen molar-refractivity contribution in [2.45, 2.75) is 65.0 Å². The second-order valence-electron chi connectivity index (χ2n) is 10.7. The molecule has 0 spiro atoms. The molecule has 2 atom stereocenters. The van der Waals surface area contributed by atoms with Crippen molar-refractivity contribution in [3.8, 4) is 28.8 Å². The number of aliphatic carboxylic acids is 1. The Bertz CT molecular complexity index is 1380. The molecule has 0 bridgehead atoms. The standard InChI is InChI=1S/C30H33N3O4.C3H6/c1-5-33(3)18-23-14-22(8-10-25(23)26-15-29(36-4)32-17-24(26)16-31)27-11-9-21-7-6-20(13-28(21)37-27)12-19(2)30(34)35;1-2-3-1/h6-8,10,13-15,17,19,27H,5,9,11-12,18H2,1-4H3,(H,34,35);1-3H2. The van der Waals surface area contributed by atoms with Crippen LogP contribution in [0.5, 0.6) is 11.6 Å². The summed E-state index contributed by atoms with van der Waals surface area (Å²) in [5, 5.41) is 19.0. The molecule has 0 saturated heterocycles. The lowest BCUT2D eigenvalue weighted by Crippen LogP contribution is -2.19. The maximum absolute atomic E-state index is 11.3. The lowest BCUT2D eigenvalue weighted by atomic mass is 9.90. The van der Waals surface area contributed by atoms with Gasteiger partial charge in [-0.1, -0.05) is 63.4 Å². The maximum Gasteiger partial charge on any atom is 0.306 e. The summed E-state index contributed by atoms with van der Waals surface area (Å²) >= 11 is 0. The molecule has 1 aliphatic heterocycles.